The summed E-state index contributed by atoms with van der Waals surface area (Å²) in [5.74, 6) is -0.840. The molecule has 0 unspecified atom stereocenters. The Morgan fingerprint density at radius 3 is 2.45 bits per heavy atom. The lowest BCUT2D eigenvalue weighted by Gasteiger charge is -2.17. The maximum Gasteiger partial charge on any atom is 0.418 e. The average molecular weight is 460 g/mol. The van der Waals surface area contributed by atoms with E-state index in [2.05, 4.69) is 10.6 Å². The average Bonchev–Trinajstić information content (AvgIpc) is 3.27. The van der Waals surface area contributed by atoms with E-state index in [-0.39, 0.29) is 17.4 Å². The molecule has 0 bridgehead atoms. The fourth-order valence-corrected chi connectivity index (χ4v) is 3.14. The van der Waals surface area contributed by atoms with Gasteiger partial charge in [-0.15, -0.1) is 0 Å². The Kier molecular flexibility index (Phi) is 7.10. The summed E-state index contributed by atoms with van der Waals surface area (Å²) in [7, 11) is 0. The van der Waals surface area contributed by atoms with Crippen molar-refractivity contribution in [3.8, 4) is 5.75 Å². The van der Waals surface area contributed by atoms with Crippen LogP contribution in [0.3, 0.4) is 0 Å². The Labute approximate surface area is 188 Å². The maximum atomic E-state index is 13.6. The summed E-state index contributed by atoms with van der Waals surface area (Å²) in [5.41, 5.74) is 0.175. The highest BCUT2D eigenvalue weighted by Crippen LogP contribution is 2.37. The minimum absolute atomic E-state index is 0.0463. The summed E-state index contributed by atoms with van der Waals surface area (Å²) >= 11 is 0. The SMILES string of the molecule is Cc1ccc(C(C)C)c(OCC(=O)Nc2ccc(NC(=O)c3ccco3)cc2C(F)(F)F)c1. The highest BCUT2D eigenvalue weighted by molar-refractivity contribution is 6.02. The van der Waals surface area contributed by atoms with Gasteiger partial charge in [-0.1, -0.05) is 26.0 Å². The molecule has 0 aliphatic rings. The van der Waals surface area contributed by atoms with E-state index in [1.165, 1.54) is 24.5 Å². The minimum atomic E-state index is -4.77. The van der Waals surface area contributed by atoms with Gasteiger partial charge in [0.25, 0.3) is 11.8 Å². The van der Waals surface area contributed by atoms with Crippen molar-refractivity contribution in [3.63, 3.8) is 0 Å². The van der Waals surface area contributed by atoms with Crippen LogP contribution in [0.25, 0.3) is 0 Å². The van der Waals surface area contributed by atoms with Gasteiger partial charge >= 0.3 is 6.18 Å². The molecule has 1 aromatic heterocycles. The molecule has 0 aliphatic carbocycles. The van der Waals surface area contributed by atoms with Crippen LogP contribution in [0.1, 0.15) is 47.0 Å². The Balaban J connectivity index is 1.74. The number of benzene rings is 2. The molecular weight excluding hydrogens is 437 g/mol. The van der Waals surface area contributed by atoms with Crippen molar-refractivity contribution in [1.29, 1.82) is 0 Å². The van der Waals surface area contributed by atoms with Gasteiger partial charge in [-0.25, -0.2) is 0 Å². The standard InChI is InChI=1S/C24H23F3N2O4/c1-14(2)17-8-6-15(3)11-21(17)33-13-22(30)29-19-9-7-16(12-18(19)24(25,26)27)28-23(31)20-5-4-10-32-20/h4-12,14H,13H2,1-3H3,(H,28,31)(H,29,30). The number of amides is 2. The van der Waals surface area contributed by atoms with E-state index in [0.29, 0.717) is 5.75 Å². The van der Waals surface area contributed by atoms with Gasteiger partial charge in [0.1, 0.15) is 5.75 Å². The summed E-state index contributed by atoms with van der Waals surface area (Å²) < 4.78 is 51.4. The van der Waals surface area contributed by atoms with Crippen molar-refractivity contribution < 1.29 is 31.9 Å². The Morgan fingerprint density at radius 2 is 1.82 bits per heavy atom. The van der Waals surface area contributed by atoms with Crippen LogP contribution in [-0.4, -0.2) is 18.4 Å². The quantitative estimate of drug-likeness (QED) is 0.453. The number of nitrogens with one attached hydrogen (secondary N) is 2. The fraction of sp³-hybridized carbons (Fsp3) is 0.250. The van der Waals surface area contributed by atoms with E-state index in [1.54, 1.807) is 6.07 Å². The van der Waals surface area contributed by atoms with Crippen LogP contribution in [0, 0.1) is 6.92 Å². The molecule has 0 atom stereocenters. The van der Waals surface area contributed by atoms with Crippen molar-refractivity contribution in [2.45, 2.75) is 32.9 Å². The van der Waals surface area contributed by atoms with E-state index in [0.717, 1.165) is 23.3 Å². The molecule has 2 aromatic carbocycles. The lowest BCUT2D eigenvalue weighted by atomic mass is 10.0. The van der Waals surface area contributed by atoms with Gasteiger partial charge in [-0.05, 0) is 60.4 Å². The van der Waals surface area contributed by atoms with Crippen molar-refractivity contribution in [3.05, 3.63) is 77.2 Å². The first-order chi connectivity index (χ1) is 15.5. The van der Waals surface area contributed by atoms with Crippen LogP contribution in [0.15, 0.2) is 59.2 Å². The smallest absolute Gasteiger partial charge is 0.418 e. The van der Waals surface area contributed by atoms with E-state index in [1.807, 2.05) is 32.9 Å². The first-order valence-electron chi connectivity index (χ1n) is 10.1. The Bertz CT molecular complexity index is 1140. The summed E-state index contributed by atoms with van der Waals surface area (Å²) in [6.45, 7) is 5.36. The van der Waals surface area contributed by atoms with Gasteiger partial charge < -0.3 is 19.8 Å². The van der Waals surface area contributed by atoms with Crippen LogP contribution in [0.2, 0.25) is 0 Å². The molecule has 0 saturated carbocycles. The van der Waals surface area contributed by atoms with Crippen molar-refractivity contribution >= 4 is 23.2 Å². The second kappa shape index (κ2) is 9.81. The predicted octanol–water partition coefficient (Wildman–Crippen LogP) is 6.00. The molecule has 0 saturated heterocycles. The predicted molar refractivity (Wildman–Crippen MR) is 117 cm³/mol. The number of ether oxygens (including phenoxy) is 1. The number of alkyl halides is 3. The molecule has 0 spiro atoms. The zero-order valence-electron chi connectivity index (χ0n) is 18.2. The number of aryl methyl sites for hydroxylation is 1. The highest BCUT2D eigenvalue weighted by Gasteiger charge is 2.34. The molecule has 9 heteroatoms. The number of carbonyl (C=O) groups excluding carboxylic acids is 2. The molecule has 174 valence electrons. The molecule has 2 amide bonds. The lowest BCUT2D eigenvalue weighted by molar-refractivity contribution is -0.137. The monoisotopic (exact) mass is 460 g/mol. The minimum Gasteiger partial charge on any atom is -0.483 e. The fourth-order valence-electron chi connectivity index (χ4n) is 3.14. The number of halogens is 3. The van der Waals surface area contributed by atoms with Crippen LogP contribution in [0.4, 0.5) is 24.5 Å². The van der Waals surface area contributed by atoms with Crippen molar-refractivity contribution in [1.82, 2.24) is 0 Å². The third kappa shape index (κ3) is 6.15. The maximum absolute atomic E-state index is 13.6. The summed E-state index contributed by atoms with van der Waals surface area (Å²) in [5, 5.41) is 4.58. The third-order valence-electron chi connectivity index (χ3n) is 4.75. The van der Waals surface area contributed by atoms with Crippen molar-refractivity contribution in [2.24, 2.45) is 0 Å². The van der Waals surface area contributed by atoms with Crippen LogP contribution in [-0.2, 0) is 11.0 Å². The number of hydrogen-bond acceptors (Lipinski definition) is 4. The molecule has 6 nitrogen and oxygen atoms in total. The van der Waals surface area contributed by atoms with Gasteiger partial charge in [0.05, 0.1) is 17.5 Å². The van der Waals surface area contributed by atoms with Crippen LogP contribution < -0.4 is 15.4 Å². The molecule has 1 heterocycles. The van der Waals surface area contributed by atoms with Crippen LogP contribution >= 0.6 is 0 Å². The molecule has 0 aliphatic heterocycles. The Morgan fingerprint density at radius 1 is 1.06 bits per heavy atom. The second-order valence-electron chi connectivity index (χ2n) is 7.72. The molecule has 0 radical (unpaired) electrons. The number of anilines is 2. The van der Waals surface area contributed by atoms with Gasteiger partial charge in [0.15, 0.2) is 12.4 Å². The molecule has 3 aromatic rings. The van der Waals surface area contributed by atoms with Gasteiger partial charge in [-0.2, -0.15) is 13.2 Å². The van der Waals surface area contributed by atoms with Crippen molar-refractivity contribution in [2.75, 3.05) is 17.2 Å². The van der Waals surface area contributed by atoms with Gasteiger partial charge in [0, 0.05) is 5.69 Å². The molecule has 0 fully saturated rings. The van der Waals surface area contributed by atoms with E-state index in [4.69, 9.17) is 9.15 Å². The zero-order valence-corrected chi connectivity index (χ0v) is 18.2. The number of furan rings is 1. The zero-order chi connectivity index (χ0) is 24.2. The molecular formula is C24H23F3N2O4. The summed E-state index contributed by atoms with van der Waals surface area (Å²) in [6, 6.07) is 11.5. The van der Waals surface area contributed by atoms with Gasteiger partial charge in [0.2, 0.25) is 0 Å². The Hall–Kier alpha value is -3.75. The third-order valence-corrected chi connectivity index (χ3v) is 4.75. The molecule has 33 heavy (non-hydrogen) atoms. The highest BCUT2D eigenvalue weighted by atomic mass is 19.4. The van der Waals surface area contributed by atoms with E-state index >= 15 is 0 Å². The number of carbonyl (C=O) groups is 2. The lowest BCUT2D eigenvalue weighted by Crippen LogP contribution is -2.23. The normalized spacial score (nSPS) is 11.4. The van der Waals surface area contributed by atoms with E-state index < -0.39 is 35.8 Å². The first kappa shape index (κ1) is 23.9. The topological polar surface area (TPSA) is 80.6 Å². The second-order valence-corrected chi connectivity index (χ2v) is 7.72. The summed E-state index contributed by atoms with van der Waals surface area (Å²) in [4.78, 5) is 24.4. The molecule has 3 rings (SSSR count). The van der Waals surface area contributed by atoms with Gasteiger partial charge in [-0.3, -0.25) is 9.59 Å². The summed E-state index contributed by atoms with van der Waals surface area (Å²) in [6.07, 6.45) is -3.49. The first-order valence-corrected chi connectivity index (χ1v) is 10.1. The van der Waals surface area contributed by atoms with Crippen LogP contribution in [0.5, 0.6) is 5.75 Å². The number of rotatable bonds is 7. The largest absolute Gasteiger partial charge is 0.483 e. The van der Waals surface area contributed by atoms with E-state index in [9.17, 15) is 22.8 Å². The molecule has 2 N–H and O–H groups in total. The number of hydrogen-bond donors (Lipinski definition) is 2.